The third-order valence-corrected chi connectivity index (χ3v) is 4.49. The summed E-state index contributed by atoms with van der Waals surface area (Å²) in [5, 5.41) is 2.97. The number of benzene rings is 2. The van der Waals surface area contributed by atoms with Gasteiger partial charge in [0.2, 0.25) is 0 Å². The molecule has 0 spiro atoms. The minimum Gasteiger partial charge on any atom is -0.493 e. The first kappa shape index (κ1) is 21.2. The monoisotopic (exact) mass is 380 g/mol. The molecule has 0 saturated carbocycles. The maximum atomic E-state index is 12.7. The highest BCUT2D eigenvalue weighted by atomic mass is 16.5. The number of rotatable bonds is 8. The normalized spacial score (nSPS) is 11.4. The minimum absolute atomic E-state index is 0.00779. The van der Waals surface area contributed by atoms with Crippen LogP contribution in [0.2, 0.25) is 0 Å². The molecule has 2 aromatic carbocycles. The number of nitrogens with zero attached hydrogens (tertiary/aromatic N) is 1. The molecule has 0 heterocycles. The second-order valence-electron chi connectivity index (χ2n) is 6.85. The second kappa shape index (κ2) is 10.3. The summed E-state index contributed by atoms with van der Waals surface area (Å²) in [5.74, 6) is 3.88. The predicted octanol–water partition coefficient (Wildman–Crippen LogP) is 4.25. The van der Waals surface area contributed by atoms with Gasteiger partial charge in [0.1, 0.15) is 6.61 Å². The maximum absolute atomic E-state index is 12.7. The van der Waals surface area contributed by atoms with Crippen LogP contribution >= 0.6 is 0 Å². The number of carbonyl (C=O) groups excluding carboxylic acids is 1. The number of methoxy groups -OCH3 is 1. The van der Waals surface area contributed by atoms with Gasteiger partial charge < -0.3 is 19.7 Å². The Balaban J connectivity index is 2.07. The maximum Gasteiger partial charge on any atom is 0.317 e. The molecule has 0 aliphatic carbocycles. The molecule has 2 rings (SSSR count). The first-order valence-electron chi connectivity index (χ1n) is 9.26. The summed E-state index contributed by atoms with van der Waals surface area (Å²) in [6.45, 7) is 4.75. The fourth-order valence-electron chi connectivity index (χ4n) is 3.20. The van der Waals surface area contributed by atoms with Crippen LogP contribution in [0.3, 0.4) is 0 Å². The van der Waals surface area contributed by atoms with E-state index in [1.54, 1.807) is 18.1 Å². The Morgan fingerprint density at radius 3 is 2.50 bits per heavy atom. The van der Waals surface area contributed by atoms with Crippen LogP contribution in [-0.2, 0) is 6.54 Å². The van der Waals surface area contributed by atoms with E-state index in [4.69, 9.17) is 15.9 Å². The molecule has 0 fully saturated rings. The molecular weight excluding hydrogens is 352 g/mol. The lowest BCUT2D eigenvalue weighted by atomic mass is 9.95. The largest absolute Gasteiger partial charge is 0.493 e. The lowest BCUT2D eigenvalue weighted by Crippen LogP contribution is -2.41. The summed E-state index contributed by atoms with van der Waals surface area (Å²) in [7, 11) is 3.40. The van der Waals surface area contributed by atoms with Gasteiger partial charge in [0.05, 0.1) is 13.2 Å². The lowest BCUT2D eigenvalue weighted by molar-refractivity contribution is 0.173. The average molecular weight is 380 g/mol. The number of urea groups is 1. The third kappa shape index (κ3) is 5.43. The molecule has 28 heavy (non-hydrogen) atoms. The standard InChI is InChI=1S/C23H28N2O3/c1-6-14-28-21-15-18(12-13-20(21)27-5)16-24-23(26)25(4)22(17(2)3)19-10-8-7-9-11-19/h1,7-13,15,17,22H,14,16H2,2-5H3,(H,24,26). The number of terminal acetylenes is 1. The molecule has 1 atom stereocenters. The molecular formula is C23H28N2O3. The van der Waals surface area contributed by atoms with Crippen molar-refractivity contribution >= 4 is 6.03 Å². The van der Waals surface area contributed by atoms with Crippen LogP contribution in [-0.4, -0.2) is 31.7 Å². The molecule has 0 aliphatic rings. The van der Waals surface area contributed by atoms with Gasteiger partial charge in [0.15, 0.2) is 11.5 Å². The zero-order chi connectivity index (χ0) is 20.5. The Labute approximate surface area is 167 Å². The molecule has 0 saturated heterocycles. The third-order valence-electron chi connectivity index (χ3n) is 4.49. The van der Waals surface area contributed by atoms with Crippen molar-refractivity contribution in [2.75, 3.05) is 20.8 Å². The van der Waals surface area contributed by atoms with E-state index in [0.717, 1.165) is 11.1 Å². The van der Waals surface area contributed by atoms with Crippen LogP contribution in [0.5, 0.6) is 11.5 Å². The molecule has 5 heteroatoms. The zero-order valence-corrected chi connectivity index (χ0v) is 16.9. The molecule has 148 valence electrons. The highest BCUT2D eigenvalue weighted by Gasteiger charge is 2.24. The van der Waals surface area contributed by atoms with Crippen LogP contribution in [0.25, 0.3) is 0 Å². The fourth-order valence-corrected chi connectivity index (χ4v) is 3.20. The van der Waals surface area contributed by atoms with Crippen molar-refractivity contribution in [3.05, 3.63) is 59.7 Å². The number of hydrogen-bond acceptors (Lipinski definition) is 3. The second-order valence-corrected chi connectivity index (χ2v) is 6.85. The SMILES string of the molecule is C#CCOc1cc(CNC(=O)N(C)C(c2ccccc2)C(C)C)ccc1OC. The van der Waals surface area contributed by atoms with E-state index >= 15 is 0 Å². The predicted molar refractivity (Wildman–Crippen MR) is 111 cm³/mol. The number of nitrogens with one attached hydrogen (secondary N) is 1. The van der Waals surface area contributed by atoms with E-state index in [1.807, 2.05) is 49.5 Å². The molecule has 0 aliphatic heterocycles. The molecule has 0 aromatic heterocycles. The van der Waals surface area contributed by atoms with Crippen molar-refractivity contribution < 1.29 is 14.3 Å². The van der Waals surface area contributed by atoms with Gasteiger partial charge in [-0.3, -0.25) is 0 Å². The molecule has 5 nitrogen and oxygen atoms in total. The van der Waals surface area contributed by atoms with Gasteiger partial charge >= 0.3 is 6.03 Å². The summed E-state index contributed by atoms with van der Waals surface area (Å²) in [5.41, 5.74) is 2.01. The zero-order valence-electron chi connectivity index (χ0n) is 16.9. The van der Waals surface area contributed by atoms with Crippen LogP contribution in [0.1, 0.15) is 31.0 Å². The summed E-state index contributed by atoms with van der Waals surface area (Å²) < 4.78 is 10.8. The molecule has 1 unspecified atom stereocenters. The highest BCUT2D eigenvalue weighted by molar-refractivity contribution is 5.74. The Hall–Kier alpha value is -3.13. The number of carbonyl (C=O) groups is 1. The number of amides is 2. The minimum atomic E-state index is -0.135. The van der Waals surface area contributed by atoms with Crippen molar-refractivity contribution in [1.82, 2.24) is 10.2 Å². The molecule has 0 radical (unpaired) electrons. The van der Waals surface area contributed by atoms with Crippen molar-refractivity contribution in [2.45, 2.75) is 26.4 Å². The van der Waals surface area contributed by atoms with E-state index in [2.05, 4.69) is 25.1 Å². The van der Waals surface area contributed by atoms with E-state index in [1.165, 1.54) is 0 Å². The van der Waals surface area contributed by atoms with Gasteiger partial charge in [-0.25, -0.2) is 4.79 Å². The van der Waals surface area contributed by atoms with Crippen LogP contribution in [0, 0.1) is 18.3 Å². The first-order chi connectivity index (χ1) is 13.5. The smallest absolute Gasteiger partial charge is 0.317 e. The Bertz CT molecular complexity index is 812. The molecule has 2 amide bonds. The van der Waals surface area contributed by atoms with Gasteiger partial charge in [-0.05, 0) is 29.2 Å². The Morgan fingerprint density at radius 2 is 1.89 bits per heavy atom. The van der Waals surface area contributed by atoms with Crippen molar-refractivity contribution in [3.63, 3.8) is 0 Å². The van der Waals surface area contributed by atoms with Crippen molar-refractivity contribution in [1.29, 1.82) is 0 Å². The van der Waals surface area contributed by atoms with E-state index < -0.39 is 0 Å². The number of ether oxygens (including phenoxy) is 2. The molecule has 1 N–H and O–H groups in total. The first-order valence-corrected chi connectivity index (χ1v) is 9.26. The highest BCUT2D eigenvalue weighted by Crippen LogP contribution is 2.29. The Morgan fingerprint density at radius 1 is 1.18 bits per heavy atom. The van der Waals surface area contributed by atoms with E-state index in [-0.39, 0.29) is 24.6 Å². The van der Waals surface area contributed by atoms with Crippen molar-refractivity contribution in [2.24, 2.45) is 5.92 Å². The van der Waals surface area contributed by atoms with Gasteiger partial charge in [0, 0.05) is 13.6 Å². The van der Waals surface area contributed by atoms with Crippen LogP contribution in [0.4, 0.5) is 4.79 Å². The molecule has 2 aromatic rings. The summed E-state index contributed by atoms with van der Waals surface area (Å²) >= 11 is 0. The lowest BCUT2D eigenvalue weighted by Gasteiger charge is -2.32. The fraction of sp³-hybridized carbons (Fsp3) is 0.348. The summed E-state index contributed by atoms with van der Waals surface area (Å²) in [4.78, 5) is 14.5. The van der Waals surface area contributed by atoms with Crippen LogP contribution in [0.15, 0.2) is 48.5 Å². The van der Waals surface area contributed by atoms with Gasteiger partial charge in [-0.2, -0.15) is 0 Å². The number of hydrogen-bond donors (Lipinski definition) is 1. The Kier molecular flexibility index (Phi) is 7.76. The summed E-state index contributed by atoms with van der Waals surface area (Å²) in [6, 6.07) is 15.4. The van der Waals surface area contributed by atoms with Gasteiger partial charge in [0.25, 0.3) is 0 Å². The van der Waals surface area contributed by atoms with E-state index in [0.29, 0.717) is 18.0 Å². The quantitative estimate of drug-likeness (QED) is 0.697. The summed E-state index contributed by atoms with van der Waals surface area (Å²) in [6.07, 6.45) is 5.26. The molecule has 0 bridgehead atoms. The van der Waals surface area contributed by atoms with Gasteiger partial charge in [-0.15, -0.1) is 6.42 Å². The van der Waals surface area contributed by atoms with E-state index in [9.17, 15) is 4.79 Å². The topological polar surface area (TPSA) is 50.8 Å². The van der Waals surface area contributed by atoms with Crippen LogP contribution < -0.4 is 14.8 Å². The van der Waals surface area contributed by atoms with Gasteiger partial charge in [-0.1, -0.05) is 56.2 Å². The average Bonchev–Trinajstić information content (AvgIpc) is 2.71. The van der Waals surface area contributed by atoms with Crippen molar-refractivity contribution in [3.8, 4) is 23.8 Å².